The molecule has 40 heavy (non-hydrogen) atoms. The van der Waals surface area contributed by atoms with Crippen LogP contribution < -0.4 is 9.64 Å². The Labute approximate surface area is 233 Å². The van der Waals surface area contributed by atoms with E-state index in [1.807, 2.05) is 36.4 Å². The fourth-order valence-electron chi connectivity index (χ4n) is 5.40. The second kappa shape index (κ2) is 10.5. The van der Waals surface area contributed by atoms with Crippen LogP contribution in [0.2, 0.25) is 0 Å². The van der Waals surface area contributed by atoms with Crippen LogP contribution in [0.5, 0.6) is 5.75 Å². The van der Waals surface area contributed by atoms with Gasteiger partial charge < -0.3 is 14.4 Å². The molecule has 5 nitrogen and oxygen atoms in total. The minimum atomic E-state index is -0.502. The highest BCUT2D eigenvalue weighted by Crippen LogP contribution is 2.43. The normalized spacial score (nSPS) is 12.8. The molecule has 0 fully saturated rings. The highest BCUT2D eigenvalue weighted by atomic mass is 16.5. The van der Waals surface area contributed by atoms with E-state index in [0.717, 1.165) is 47.6 Å². The number of carbonyl (C=O) groups is 2. The molecule has 6 rings (SSSR count). The van der Waals surface area contributed by atoms with Crippen LogP contribution in [0.3, 0.4) is 0 Å². The van der Waals surface area contributed by atoms with Crippen molar-refractivity contribution in [2.75, 3.05) is 4.90 Å². The van der Waals surface area contributed by atoms with Crippen molar-refractivity contribution in [2.24, 2.45) is 0 Å². The van der Waals surface area contributed by atoms with Gasteiger partial charge in [0, 0.05) is 29.1 Å². The highest BCUT2D eigenvalue weighted by molar-refractivity contribution is 6.07. The second-order valence-corrected chi connectivity index (χ2v) is 9.67. The molecule has 0 N–H and O–H groups in total. The summed E-state index contributed by atoms with van der Waals surface area (Å²) in [4.78, 5) is 25.5. The fraction of sp³-hybridized carbons (Fsp3) is 0.0857. The van der Waals surface area contributed by atoms with Crippen molar-refractivity contribution < 1.29 is 19.1 Å². The molecule has 4 aromatic carbocycles. The van der Waals surface area contributed by atoms with Gasteiger partial charge in [-0.2, -0.15) is 0 Å². The average molecular weight is 526 g/mol. The number of esters is 2. The standard InChI is InChI=1S/C35H27NO4/c1-3-32(37)39-22-23-8-14-27(15-9-23)36(28-16-18-29(19-17-28)40-33(38)4-2)31-21-13-26-11-10-24-6-5-7-25-12-20-30(31)35(26)34(24)25/h3-6,8-12,14-21H,1-2,7,13,22H2. The topological polar surface area (TPSA) is 55.8 Å². The predicted molar refractivity (Wildman–Crippen MR) is 159 cm³/mol. The molecule has 0 aromatic heterocycles. The first kappa shape index (κ1) is 25.1. The monoisotopic (exact) mass is 525 g/mol. The summed E-state index contributed by atoms with van der Waals surface area (Å²) in [5.74, 6) is -0.511. The molecule has 5 heteroatoms. The van der Waals surface area contributed by atoms with Crippen LogP contribution in [-0.4, -0.2) is 11.9 Å². The molecule has 0 saturated heterocycles. The van der Waals surface area contributed by atoms with E-state index in [4.69, 9.17) is 9.47 Å². The summed E-state index contributed by atoms with van der Waals surface area (Å²) in [6.07, 6.45) is 10.7. The zero-order valence-corrected chi connectivity index (χ0v) is 21.9. The van der Waals surface area contributed by atoms with E-state index in [-0.39, 0.29) is 6.61 Å². The number of rotatable bonds is 8. The quantitative estimate of drug-likeness (QED) is 0.136. The van der Waals surface area contributed by atoms with Gasteiger partial charge >= 0.3 is 11.9 Å². The van der Waals surface area contributed by atoms with Crippen molar-refractivity contribution in [3.8, 4) is 5.75 Å². The lowest BCUT2D eigenvalue weighted by Gasteiger charge is -2.32. The molecule has 196 valence electrons. The zero-order valence-electron chi connectivity index (χ0n) is 21.9. The lowest BCUT2D eigenvalue weighted by atomic mass is 9.83. The Morgan fingerprint density at radius 1 is 0.775 bits per heavy atom. The third-order valence-corrected chi connectivity index (χ3v) is 7.26. The number of anilines is 2. The largest absolute Gasteiger partial charge is 0.458 e. The number of carbonyl (C=O) groups excluding carboxylic acids is 2. The number of allylic oxidation sites excluding steroid dienone is 2. The van der Waals surface area contributed by atoms with Gasteiger partial charge in [0.2, 0.25) is 0 Å². The first-order valence-corrected chi connectivity index (χ1v) is 13.1. The van der Waals surface area contributed by atoms with Gasteiger partial charge in [-0.25, -0.2) is 9.59 Å². The van der Waals surface area contributed by atoms with Crippen molar-refractivity contribution in [2.45, 2.75) is 19.4 Å². The predicted octanol–water partition coefficient (Wildman–Crippen LogP) is 7.47. The van der Waals surface area contributed by atoms with Crippen LogP contribution in [-0.2, 0) is 33.8 Å². The molecule has 2 aliphatic rings. The second-order valence-electron chi connectivity index (χ2n) is 9.67. The number of hydrogen-bond acceptors (Lipinski definition) is 5. The smallest absolute Gasteiger partial charge is 0.335 e. The summed E-state index contributed by atoms with van der Waals surface area (Å²) in [6, 6.07) is 24.3. The van der Waals surface area contributed by atoms with Gasteiger partial charge in [-0.1, -0.05) is 67.8 Å². The van der Waals surface area contributed by atoms with Gasteiger partial charge in [-0.15, -0.1) is 0 Å². The van der Waals surface area contributed by atoms with Crippen LogP contribution in [0.4, 0.5) is 11.4 Å². The molecule has 2 aliphatic carbocycles. The maximum Gasteiger partial charge on any atom is 0.335 e. The molecule has 0 bridgehead atoms. The Morgan fingerprint density at radius 3 is 2.17 bits per heavy atom. The van der Waals surface area contributed by atoms with Crippen molar-refractivity contribution in [1.82, 2.24) is 0 Å². The van der Waals surface area contributed by atoms with Gasteiger partial charge in [0.15, 0.2) is 0 Å². The molecule has 0 spiro atoms. The SMILES string of the molecule is C=CC(=O)OCc1ccc(N(C2=CCc3ccc4c5c(ccc2c35)CC=C4)c2ccc(OC(=O)C=C)cc2)cc1. The van der Waals surface area contributed by atoms with Gasteiger partial charge in [-0.05, 0) is 82.3 Å². The van der Waals surface area contributed by atoms with E-state index in [2.05, 4.69) is 60.6 Å². The van der Waals surface area contributed by atoms with Gasteiger partial charge in [0.05, 0.1) is 5.70 Å². The van der Waals surface area contributed by atoms with Crippen LogP contribution in [0.15, 0.2) is 110 Å². The minimum absolute atomic E-state index is 0.170. The summed E-state index contributed by atoms with van der Waals surface area (Å²) in [5, 5.41) is 2.63. The average Bonchev–Trinajstić information content (AvgIpc) is 3.00. The van der Waals surface area contributed by atoms with E-state index >= 15 is 0 Å². The summed E-state index contributed by atoms with van der Waals surface area (Å²) >= 11 is 0. The number of hydrogen-bond donors (Lipinski definition) is 0. The van der Waals surface area contributed by atoms with Crippen LogP contribution in [0.1, 0.15) is 27.8 Å². The molecule has 0 radical (unpaired) electrons. The van der Waals surface area contributed by atoms with Crippen molar-refractivity contribution in [1.29, 1.82) is 0 Å². The minimum Gasteiger partial charge on any atom is -0.458 e. The molecular formula is C35H27NO4. The van der Waals surface area contributed by atoms with Gasteiger partial charge in [-0.3, -0.25) is 0 Å². The molecule has 0 heterocycles. The zero-order chi connectivity index (χ0) is 27.6. The molecule has 0 atom stereocenters. The van der Waals surface area contributed by atoms with E-state index in [9.17, 15) is 9.59 Å². The number of nitrogens with zero attached hydrogens (tertiary/aromatic N) is 1. The van der Waals surface area contributed by atoms with Crippen molar-refractivity contribution in [3.05, 3.63) is 138 Å². The molecular weight excluding hydrogens is 498 g/mol. The third kappa shape index (κ3) is 4.63. The first-order chi connectivity index (χ1) is 19.6. The Kier molecular flexibility index (Phi) is 6.62. The number of ether oxygens (including phenoxy) is 2. The van der Waals surface area contributed by atoms with Crippen LogP contribution in [0, 0.1) is 0 Å². The summed E-state index contributed by atoms with van der Waals surface area (Å²) in [6.45, 7) is 7.09. The van der Waals surface area contributed by atoms with E-state index < -0.39 is 11.9 Å². The molecule has 0 amide bonds. The number of benzene rings is 4. The van der Waals surface area contributed by atoms with Crippen molar-refractivity contribution >= 4 is 45.9 Å². The Bertz CT molecular complexity index is 1730. The third-order valence-electron chi connectivity index (χ3n) is 7.26. The van der Waals surface area contributed by atoms with E-state index in [0.29, 0.717) is 5.75 Å². The Hall–Kier alpha value is -5.16. The summed E-state index contributed by atoms with van der Waals surface area (Å²) < 4.78 is 10.5. The van der Waals surface area contributed by atoms with Crippen molar-refractivity contribution in [3.63, 3.8) is 0 Å². The first-order valence-electron chi connectivity index (χ1n) is 13.1. The van der Waals surface area contributed by atoms with E-state index in [1.165, 1.54) is 33.0 Å². The molecule has 4 aromatic rings. The fourth-order valence-corrected chi connectivity index (χ4v) is 5.40. The Morgan fingerprint density at radius 2 is 1.45 bits per heavy atom. The van der Waals surface area contributed by atoms with Crippen LogP contribution >= 0.6 is 0 Å². The maximum absolute atomic E-state index is 11.7. The molecule has 0 saturated carbocycles. The lowest BCUT2D eigenvalue weighted by Crippen LogP contribution is -2.18. The maximum atomic E-state index is 11.7. The van der Waals surface area contributed by atoms with E-state index in [1.54, 1.807) is 12.1 Å². The molecule has 0 aliphatic heterocycles. The lowest BCUT2D eigenvalue weighted by molar-refractivity contribution is -0.139. The van der Waals surface area contributed by atoms with Gasteiger partial charge in [0.1, 0.15) is 12.4 Å². The highest BCUT2D eigenvalue weighted by Gasteiger charge is 2.25. The summed E-state index contributed by atoms with van der Waals surface area (Å²) in [7, 11) is 0. The van der Waals surface area contributed by atoms with Crippen LogP contribution in [0.25, 0.3) is 22.5 Å². The Balaban J connectivity index is 1.44. The van der Waals surface area contributed by atoms with Gasteiger partial charge in [0.25, 0.3) is 0 Å². The molecule has 0 unspecified atom stereocenters. The summed E-state index contributed by atoms with van der Waals surface area (Å²) in [5.41, 5.74) is 8.90.